The van der Waals surface area contributed by atoms with E-state index in [9.17, 15) is 35.4 Å². The molecule has 10 heteroatoms. The molecule has 2 unspecified atom stereocenters. The van der Waals surface area contributed by atoms with E-state index in [1.54, 1.807) is 24.3 Å². The van der Waals surface area contributed by atoms with Crippen molar-refractivity contribution in [3.05, 3.63) is 47.5 Å². The fourth-order valence-corrected chi connectivity index (χ4v) is 4.06. The molecule has 1 aliphatic rings. The molecule has 6 N–H and O–H groups in total. The Morgan fingerprint density at radius 2 is 1.49 bits per heavy atom. The summed E-state index contributed by atoms with van der Waals surface area (Å²) in [5, 5.41) is 58.7. The van der Waals surface area contributed by atoms with Crippen LogP contribution in [0.15, 0.2) is 36.4 Å². The predicted molar refractivity (Wildman–Crippen MR) is 123 cm³/mol. The summed E-state index contributed by atoms with van der Waals surface area (Å²) in [5.74, 6) is -0.887. The predicted octanol–water partition coefficient (Wildman–Crippen LogP) is 1.43. The normalized spacial score (nSPS) is 26.1. The third-order valence-corrected chi connectivity index (χ3v) is 6.41. The summed E-state index contributed by atoms with van der Waals surface area (Å²) in [7, 11) is 1.43. The lowest BCUT2D eigenvalue weighted by atomic mass is 9.85. The van der Waals surface area contributed by atoms with Gasteiger partial charge in [-0.1, -0.05) is 26.0 Å². The van der Waals surface area contributed by atoms with Crippen LogP contribution < -0.4 is 9.47 Å². The summed E-state index contributed by atoms with van der Waals surface area (Å²) in [4.78, 5) is 11.4. The van der Waals surface area contributed by atoms with Gasteiger partial charge in [-0.15, -0.1) is 0 Å². The molecule has 0 saturated carbocycles. The van der Waals surface area contributed by atoms with Crippen molar-refractivity contribution in [2.45, 2.75) is 57.4 Å². The van der Waals surface area contributed by atoms with Crippen molar-refractivity contribution in [3.63, 3.8) is 0 Å². The van der Waals surface area contributed by atoms with Gasteiger partial charge in [0.25, 0.3) is 0 Å². The van der Waals surface area contributed by atoms with E-state index in [0.29, 0.717) is 18.6 Å². The first-order valence-electron chi connectivity index (χ1n) is 11.3. The van der Waals surface area contributed by atoms with E-state index in [4.69, 9.17) is 14.2 Å². The van der Waals surface area contributed by atoms with Gasteiger partial charge >= 0.3 is 5.97 Å². The van der Waals surface area contributed by atoms with Crippen molar-refractivity contribution in [1.82, 2.24) is 0 Å². The number of aliphatic carboxylic acids is 1. The summed E-state index contributed by atoms with van der Waals surface area (Å²) in [6, 6.07) is 10.00. The van der Waals surface area contributed by atoms with Crippen LogP contribution >= 0.6 is 0 Å². The van der Waals surface area contributed by atoms with Gasteiger partial charge in [-0.05, 0) is 60.1 Å². The largest absolute Gasteiger partial charge is 0.504 e. The van der Waals surface area contributed by atoms with Gasteiger partial charge < -0.3 is 44.8 Å². The van der Waals surface area contributed by atoms with E-state index in [-0.39, 0.29) is 29.1 Å². The second-order valence-electron chi connectivity index (χ2n) is 9.02. The molecule has 1 aliphatic heterocycles. The molecule has 2 aromatic rings. The number of carboxylic acid groups (broad SMARTS) is 1. The SMILES string of the molecule is COc1ccc(CC(C)C(C)Cc2ccc(O)c(O)c2)cc1O[C@@H]1O[C@H](C(=O)O)[C@@H](O)[C@H](O)[C@H]1O. The minimum absolute atomic E-state index is 0.158. The Morgan fingerprint density at radius 3 is 2.06 bits per heavy atom. The molecule has 192 valence electrons. The monoisotopic (exact) mass is 492 g/mol. The quantitative estimate of drug-likeness (QED) is 0.282. The number of phenols is 2. The third kappa shape index (κ3) is 6.15. The molecule has 1 fully saturated rings. The van der Waals surface area contributed by atoms with Crippen LogP contribution in [0.4, 0.5) is 0 Å². The molecular formula is C25H32O10. The maximum absolute atomic E-state index is 11.4. The first kappa shape index (κ1) is 26.6. The van der Waals surface area contributed by atoms with E-state index in [2.05, 4.69) is 13.8 Å². The first-order valence-corrected chi connectivity index (χ1v) is 11.3. The fraction of sp³-hybridized carbons (Fsp3) is 0.480. The van der Waals surface area contributed by atoms with Crippen molar-refractivity contribution in [3.8, 4) is 23.0 Å². The number of aromatic hydroxyl groups is 2. The number of ether oxygens (including phenoxy) is 3. The number of hydrogen-bond acceptors (Lipinski definition) is 9. The summed E-state index contributed by atoms with van der Waals surface area (Å²) < 4.78 is 16.2. The summed E-state index contributed by atoms with van der Waals surface area (Å²) in [6.45, 7) is 4.17. The van der Waals surface area contributed by atoms with Crippen LogP contribution in [0.5, 0.6) is 23.0 Å². The molecule has 0 amide bonds. The van der Waals surface area contributed by atoms with Gasteiger partial charge in [-0.25, -0.2) is 4.79 Å². The summed E-state index contributed by atoms with van der Waals surface area (Å²) >= 11 is 0. The number of rotatable bonds is 9. The van der Waals surface area contributed by atoms with Gasteiger partial charge in [0.05, 0.1) is 7.11 Å². The molecule has 0 spiro atoms. The number of aliphatic hydroxyl groups excluding tert-OH is 3. The van der Waals surface area contributed by atoms with Gasteiger partial charge in [-0.2, -0.15) is 0 Å². The molecule has 0 aliphatic carbocycles. The number of methoxy groups -OCH3 is 1. The zero-order chi connectivity index (χ0) is 25.9. The Bertz CT molecular complexity index is 1030. The second-order valence-corrected chi connectivity index (χ2v) is 9.02. The molecule has 0 bridgehead atoms. The minimum Gasteiger partial charge on any atom is -0.504 e. The van der Waals surface area contributed by atoms with Crippen molar-refractivity contribution < 1.29 is 49.6 Å². The van der Waals surface area contributed by atoms with Crippen molar-refractivity contribution in [1.29, 1.82) is 0 Å². The van der Waals surface area contributed by atoms with Crippen molar-refractivity contribution in [2.75, 3.05) is 7.11 Å². The van der Waals surface area contributed by atoms with E-state index in [0.717, 1.165) is 11.1 Å². The molecule has 0 radical (unpaired) electrons. The Morgan fingerprint density at radius 1 is 0.886 bits per heavy atom. The molecule has 10 nitrogen and oxygen atoms in total. The van der Waals surface area contributed by atoms with E-state index >= 15 is 0 Å². The molecule has 35 heavy (non-hydrogen) atoms. The van der Waals surface area contributed by atoms with Gasteiger partial charge in [0.15, 0.2) is 29.1 Å². The molecule has 3 rings (SSSR count). The van der Waals surface area contributed by atoms with Crippen molar-refractivity contribution in [2.24, 2.45) is 11.8 Å². The molecular weight excluding hydrogens is 460 g/mol. The molecule has 7 atom stereocenters. The highest BCUT2D eigenvalue weighted by Crippen LogP contribution is 2.34. The number of carboxylic acids is 1. The summed E-state index contributed by atoms with van der Waals surface area (Å²) in [5.41, 5.74) is 1.78. The van der Waals surface area contributed by atoms with E-state index in [1.165, 1.54) is 13.2 Å². The lowest BCUT2D eigenvalue weighted by Gasteiger charge is -2.38. The molecule has 1 saturated heterocycles. The van der Waals surface area contributed by atoms with Crippen LogP contribution in [-0.4, -0.2) is 74.4 Å². The molecule has 1 heterocycles. The Labute approximate surface area is 202 Å². The molecule has 2 aromatic carbocycles. The number of aliphatic hydroxyl groups is 3. The van der Waals surface area contributed by atoms with Crippen LogP contribution in [0.1, 0.15) is 25.0 Å². The summed E-state index contributed by atoms with van der Waals surface area (Å²) in [6.07, 6.45) is -7.25. The van der Waals surface area contributed by atoms with Gasteiger partial charge in [0, 0.05) is 0 Å². The van der Waals surface area contributed by atoms with Crippen LogP contribution in [0, 0.1) is 11.8 Å². The Hall–Kier alpha value is -3.05. The lowest BCUT2D eigenvalue weighted by molar-refractivity contribution is -0.271. The van der Waals surface area contributed by atoms with E-state index < -0.39 is 36.7 Å². The Kier molecular flexibility index (Phi) is 8.44. The topological polar surface area (TPSA) is 166 Å². The highest BCUT2D eigenvalue weighted by molar-refractivity contribution is 5.73. The van der Waals surface area contributed by atoms with Crippen LogP contribution in [0.25, 0.3) is 0 Å². The smallest absolute Gasteiger partial charge is 0.335 e. The maximum atomic E-state index is 11.4. The maximum Gasteiger partial charge on any atom is 0.335 e. The minimum atomic E-state index is -1.81. The van der Waals surface area contributed by atoms with Crippen LogP contribution in [0.2, 0.25) is 0 Å². The average molecular weight is 493 g/mol. The van der Waals surface area contributed by atoms with Gasteiger partial charge in [-0.3, -0.25) is 0 Å². The van der Waals surface area contributed by atoms with E-state index in [1.807, 2.05) is 6.07 Å². The lowest BCUT2D eigenvalue weighted by Crippen LogP contribution is -2.61. The second kappa shape index (κ2) is 11.1. The Balaban J connectivity index is 1.73. The zero-order valence-electron chi connectivity index (χ0n) is 19.7. The fourth-order valence-electron chi connectivity index (χ4n) is 4.06. The van der Waals surface area contributed by atoms with Crippen LogP contribution in [0.3, 0.4) is 0 Å². The standard InChI is InChI=1S/C25H32O10/c1-12(8-14-4-6-16(26)17(27)10-14)13(2)9-15-5-7-18(33-3)19(11-15)34-25-22(30)20(28)21(29)23(35-25)24(31)32/h4-7,10-13,20-23,25-30H,8-9H2,1-3H3,(H,31,32)/t12?,13?,20-,21-,22+,23-,25+/m0/s1. The highest BCUT2D eigenvalue weighted by atomic mass is 16.7. The average Bonchev–Trinajstić information content (AvgIpc) is 2.81. The van der Waals surface area contributed by atoms with Crippen molar-refractivity contribution >= 4 is 5.97 Å². The van der Waals surface area contributed by atoms with Gasteiger partial charge in [0.1, 0.15) is 18.3 Å². The number of phenolic OH excluding ortho intramolecular Hbond substituents is 2. The molecule has 0 aromatic heterocycles. The number of hydrogen-bond donors (Lipinski definition) is 6. The van der Waals surface area contributed by atoms with Crippen LogP contribution in [-0.2, 0) is 22.4 Å². The third-order valence-electron chi connectivity index (χ3n) is 6.41. The van der Waals surface area contributed by atoms with Gasteiger partial charge in [0.2, 0.25) is 6.29 Å². The number of carbonyl (C=O) groups is 1. The highest BCUT2D eigenvalue weighted by Gasteiger charge is 2.48. The zero-order valence-corrected chi connectivity index (χ0v) is 19.7. The number of benzene rings is 2. The first-order chi connectivity index (χ1) is 16.5.